The normalized spacial score (nSPS) is 22.6. The fourth-order valence-corrected chi connectivity index (χ4v) is 5.22. The van der Waals surface area contributed by atoms with Gasteiger partial charge in [0.1, 0.15) is 12.2 Å². The number of H-pyrrole nitrogens is 1. The zero-order chi connectivity index (χ0) is 27.0. The van der Waals surface area contributed by atoms with E-state index in [4.69, 9.17) is 4.74 Å². The van der Waals surface area contributed by atoms with E-state index in [0.29, 0.717) is 31.6 Å². The number of carbonyl (C=O) groups is 3. The van der Waals surface area contributed by atoms with Crippen LogP contribution in [0.15, 0.2) is 18.2 Å². The van der Waals surface area contributed by atoms with E-state index in [1.54, 1.807) is 13.0 Å². The van der Waals surface area contributed by atoms with E-state index in [1.807, 2.05) is 13.0 Å². The van der Waals surface area contributed by atoms with Crippen molar-refractivity contribution in [3.05, 3.63) is 40.8 Å². The van der Waals surface area contributed by atoms with Crippen LogP contribution in [0.25, 0.3) is 0 Å². The number of hydrogen-bond acceptors (Lipinski definition) is 6. The molecule has 3 fully saturated rings. The van der Waals surface area contributed by atoms with Crippen molar-refractivity contribution in [3.63, 3.8) is 0 Å². The number of anilines is 2. The standard InChI is InChI=1S/C27H31FN6O4/c1-15(18-7-8-21(24(28)19(18)14-29)34-11-3-4-23(34)35)25(36)30-22-13-20(32-33-22)16-5-6-17(12-16)38-26(37)31-27(2)9-10-27/h7-8,13,15-17H,3-6,9-12H2,1-2H3,(H,31,37)(H2,30,32,33,36)/t15?,16-,17-/m1/s1. The Balaban J connectivity index is 1.20. The molecule has 200 valence electrons. The van der Waals surface area contributed by atoms with E-state index in [-0.39, 0.29) is 46.4 Å². The highest BCUT2D eigenvalue weighted by atomic mass is 19.1. The summed E-state index contributed by atoms with van der Waals surface area (Å²) in [6.07, 6.45) is 4.57. The van der Waals surface area contributed by atoms with E-state index in [2.05, 4.69) is 20.8 Å². The van der Waals surface area contributed by atoms with Crippen molar-refractivity contribution < 1.29 is 23.5 Å². The van der Waals surface area contributed by atoms with Gasteiger partial charge in [0.2, 0.25) is 11.8 Å². The van der Waals surface area contributed by atoms with Gasteiger partial charge in [-0.25, -0.2) is 9.18 Å². The molecule has 1 aromatic carbocycles. The number of aromatic amines is 1. The second-order valence-corrected chi connectivity index (χ2v) is 10.8. The predicted molar refractivity (Wildman–Crippen MR) is 136 cm³/mol. The molecule has 2 aromatic rings. The van der Waals surface area contributed by atoms with E-state index in [9.17, 15) is 19.6 Å². The van der Waals surface area contributed by atoms with Gasteiger partial charge in [-0.05, 0) is 64.0 Å². The Bertz CT molecular complexity index is 1310. The number of hydrogen-bond donors (Lipinski definition) is 3. The van der Waals surface area contributed by atoms with Crippen molar-refractivity contribution in [2.75, 3.05) is 16.8 Å². The molecule has 11 heteroatoms. The summed E-state index contributed by atoms with van der Waals surface area (Å²) >= 11 is 0. The first-order chi connectivity index (χ1) is 18.2. The maximum atomic E-state index is 15.2. The van der Waals surface area contributed by atoms with E-state index in [0.717, 1.165) is 31.4 Å². The van der Waals surface area contributed by atoms with Crippen LogP contribution in [0.3, 0.4) is 0 Å². The molecular formula is C27H31FN6O4. The molecule has 3 atom stereocenters. The summed E-state index contributed by atoms with van der Waals surface area (Å²) in [7, 11) is 0. The van der Waals surface area contributed by atoms with Crippen LogP contribution < -0.4 is 15.5 Å². The molecule has 3 aliphatic rings. The van der Waals surface area contributed by atoms with Crippen LogP contribution in [0.2, 0.25) is 0 Å². The summed E-state index contributed by atoms with van der Waals surface area (Å²) in [6.45, 7) is 3.99. The third-order valence-corrected chi connectivity index (χ3v) is 7.84. The Labute approximate surface area is 219 Å². The number of benzene rings is 1. The van der Waals surface area contributed by atoms with Crippen molar-refractivity contribution in [3.8, 4) is 6.07 Å². The maximum absolute atomic E-state index is 15.2. The zero-order valence-electron chi connectivity index (χ0n) is 21.5. The lowest BCUT2D eigenvalue weighted by Crippen LogP contribution is -2.36. The number of carbonyl (C=O) groups excluding carboxylic acids is 3. The minimum Gasteiger partial charge on any atom is -0.446 e. The Hall–Kier alpha value is -3.94. The maximum Gasteiger partial charge on any atom is 0.407 e. The lowest BCUT2D eigenvalue weighted by molar-refractivity contribution is -0.118. The number of alkyl carbamates (subject to hydrolysis) is 1. The Morgan fingerprint density at radius 2 is 2.13 bits per heavy atom. The summed E-state index contributed by atoms with van der Waals surface area (Å²) < 4.78 is 20.8. The van der Waals surface area contributed by atoms with Gasteiger partial charge >= 0.3 is 6.09 Å². The van der Waals surface area contributed by atoms with Crippen LogP contribution in [-0.4, -0.2) is 46.3 Å². The molecular weight excluding hydrogens is 491 g/mol. The van der Waals surface area contributed by atoms with Gasteiger partial charge in [0, 0.05) is 36.2 Å². The molecule has 0 spiro atoms. The number of halogens is 1. The van der Waals surface area contributed by atoms with Gasteiger partial charge in [0.05, 0.1) is 17.2 Å². The van der Waals surface area contributed by atoms with Crippen LogP contribution in [0.5, 0.6) is 0 Å². The van der Waals surface area contributed by atoms with Gasteiger partial charge in [0.25, 0.3) is 0 Å². The van der Waals surface area contributed by atoms with Gasteiger partial charge in [0.15, 0.2) is 11.6 Å². The molecule has 1 saturated heterocycles. The van der Waals surface area contributed by atoms with Crippen LogP contribution in [0, 0.1) is 17.1 Å². The number of nitrogens with one attached hydrogen (secondary N) is 3. The summed E-state index contributed by atoms with van der Waals surface area (Å²) in [5.41, 5.74) is 0.761. The van der Waals surface area contributed by atoms with Gasteiger partial charge in [-0.3, -0.25) is 14.7 Å². The summed E-state index contributed by atoms with van der Waals surface area (Å²) in [5, 5.41) is 22.4. The topological polar surface area (TPSA) is 140 Å². The van der Waals surface area contributed by atoms with Crippen molar-refractivity contribution >= 4 is 29.4 Å². The number of amides is 3. The fourth-order valence-electron chi connectivity index (χ4n) is 5.22. The third-order valence-electron chi connectivity index (χ3n) is 7.84. The third kappa shape index (κ3) is 5.21. The monoisotopic (exact) mass is 522 g/mol. The van der Waals surface area contributed by atoms with Crippen LogP contribution >= 0.6 is 0 Å². The fraction of sp³-hybridized carbons (Fsp3) is 0.519. The molecule has 3 N–H and O–H groups in total. The van der Waals surface area contributed by atoms with E-state index < -0.39 is 17.6 Å². The second-order valence-electron chi connectivity index (χ2n) is 10.8. The van der Waals surface area contributed by atoms with Crippen molar-refractivity contribution in [2.24, 2.45) is 0 Å². The highest BCUT2D eigenvalue weighted by molar-refractivity contribution is 5.97. The molecule has 2 aliphatic carbocycles. The second kappa shape index (κ2) is 10.1. The molecule has 38 heavy (non-hydrogen) atoms. The molecule has 3 amide bonds. The van der Waals surface area contributed by atoms with E-state index in [1.165, 1.54) is 17.0 Å². The minimum atomic E-state index is -0.835. The highest BCUT2D eigenvalue weighted by Crippen LogP contribution is 2.38. The first kappa shape index (κ1) is 25.7. The first-order valence-electron chi connectivity index (χ1n) is 13.1. The summed E-state index contributed by atoms with van der Waals surface area (Å²) in [4.78, 5) is 38.5. The number of nitriles is 1. The quantitative estimate of drug-likeness (QED) is 0.498. The molecule has 2 saturated carbocycles. The first-order valence-corrected chi connectivity index (χ1v) is 13.1. The Morgan fingerprint density at radius 3 is 2.82 bits per heavy atom. The number of aromatic nitrogens is 2. The predicted octanol–water partition coefficient (Wildman–Crippen LogP) is 4.20. The molecule has 10 nitrogen and oxygen atoms in total. The van der Waals surface area contributed by atoms with Gasteiger partial charge in [-0.2, -0.15) is 10.4 Å². The van der Waals surface area contributed by atoms with Gasteiger partial charge in [-0.15, -0.1) is 0 Å². The average molecular weight is 523 g/mol. The van der Waals surface area contributed by atoms with Crippen LogP contribution in [-0.2, 0) is 14.3 Å². The lowest BCUT2D eigenvalue weighted by Gasteiger charge is -2.20. The Kier molecular flexibility index (Phi) is 6.82. The zero-order valence-corrected chi connectivity index (χ0v) is 21.5. The van der Waals surface area contributed by atoms with Gasteiger partial charge in [-0.1, -0.05) is 6.07 Å². The minimum absolute atomic E-state index is 0.0652. The highest BCUT2D eigenvalue weighted by Gasteiger charge is 2.40. The van der Waals surface area contributed by atoms with Crippen molar-refractivity contribution in [1.29, 1.82) is 5.26 Å². The van der Waals surface area contributed by atoms with Crippen molar-refractivity contribution in [2.45, 2.75) is 82.3 Å². The number of rotatable bonds is 7. The molecule has 1 aromatic heterocycles. The number of nitrogens with zero attached hydrogens (tertiary/aromatic N) is 3. The lowest BCUT2D eigenvalue weighted by atomic mass is 9.94. The molecule has 2 heterocycles. The van der Waals surface area contributed by atoms with Crippen LogP contribution in [0.1, 0.15) is 87.4 Å². The van der Waals surface area contributed by atoms with Gasteiger partial charge < -0.3 is 20.3 Å². The summed E-state index contributed by atoms with van der Waals surface area (Å²) in [6, 6.07) is 6.59. The Morgan fingerprint density at radius 1 is 1.34 bits per heavy atom. The number of ether oxygens (including phenoxy) is 1. The average Bonchev–Trinajstić information content (AvgIpc) is 3.28. The molecule has 1 aliphatic heterocycles. The van der Waals surface area contributed by atoms with Crippen molar-refractivity contribution in [1.82, 2.24) is 15.5 Å². The summed E-state index contributed by atoms with van der Waals surface area (Å²) in [5.74, 6) is -1.82. The van der Waals surface area contributed by atoms with Crippen LogP contribution in [0.4, 0.5) is 20.7 Å². The molecule has 0 radical (unpaired) electrons. The molecule has 0 bridgehead atoms. The smallest absolute Gasteiger partial charge is 0.407 e. The largest absolute Gasteiger partial charge is 0.446 e. The SMILES string of the molecule is CC(C(=O)Nc1cc([C@@H]2CC[C@@H](OC(=O)NC3(C)CC3)C2)[nH]n1)c1ccc(N2CCCC2=O)c(F)c1C#N. The molecule has 1 unspecified atom stereocenters. The molecule has 5 rings (SSSR count). The van der Waals surface area contributed by atoms with E-state index >= 15 is 4.39 Å².